The smallest absolute Gasteiger partial charge is 0.265 e. The van der Waals surface area contributed by atoms with Gasteiger partial charge in [0.1, 0.15) is 5.75 Å². The summed E-state index contributed by atoms with van der Waals surface area (Å²) < 4.78 is 5.60. The summed E-state index contributed by atoms with van der Waals surface area (Å²) >= 11 is 12.1. The van der Waals surface area contributed by atoms with E-state index in [0.717, 1.165) is 0 Å². The van der Waals surface area contributed by atoms with Crippen LogP contribution in [0.25, 0.3) is 0 Å². The van der Waals surface area contributed by atoms with Gasteiger partial charge in [0.25, 0.3) is 11.8 Å². The van der Waals surface area contributed by atoms with Crippen molar-refractivity contribution in [3.8, 4) is 5.75 Å². The predicted octanol–water partition coefficient (Wildman–Crippen LogP) is 4.54. The molecule has 1 unspecified atom stereocenters. The van der Waals surface area contributed by atoms with Gasteiger partial charge >= 0.3 is 0 Å². The molecule has 1 atom stereocenters. The molecule has 0 saturated carbocycles. The fourth-order valence-electron chi connectivity index (χ4n) is 2.18. The summed E-state index contributed by atoms with van der Waals surface area (Å²) in [6, 6.07) is 11.5. The van der Waals surface area contributed by atoms with Gasteiger partial charge in [0, 0.05) is 11.1 Å². The fraction of sp³-hybridized carbons (Fsp3) is 0.263. The van der Waals surface area contributed by atoms with Crippen LogP contribution in [0.1, 0.15) is 31.1 Å². The summed E-state index contributed by atoms with van der Waals surface area (Å²) in [4.78, 5) is 24.8. The van der Waals surface area contributed by atoms with Gasteiger partial charge in [0.05, 0.1) is 16.3 Å². The van der Waals surface area contributed by atoms with Gasteiger partial charge < -0.3 is 15.4 Å². The number of halogens is 2. The van der Waals surface area contributed by atoms with E-state index in [1.807, 2.05) is 13.8 Å². The Balaban J connectivity index is 2.16. The lowest BCUT2D eigenvalue weighted by Gasteiger charge is -2.17. The number of carbonyl (C=O) groups is 2. The molecule has 138 valence electrons. The molecule has 0 aliphatic heterocycles. The highest BCUT2D eigenvalue weighted by Crippen LogP contribution is 2.25. The second-order valence-electron chi connectivity index (χ2n) is 6.00. The molecule has 2 N–H and O–H groups in total. The zero-order valence-electron chi connectivity index (χ0n) is 14.7. The van der Waals surface area contributed by atoms with E-state index in [1.54, 1.807) is 43.3 Å². The third-order valence-corrected chi connectivity index (χ3v) is 3.96. The lowest BCUT2D eigenvalue weighted by Crippen LogP contribution is -2.33. The van der Waals surface area contributed by atoms with E-state index >= 15 is 0 Å². The molecule has 0 saturated heterocycles. The van der Waals surface area contributed by atoms with Gasteiger partial charge in [-0.1, -0.05) is 35.3 Å². The van der Waals surface area contributed by atoms with Crippen molar-refractivity contribution in [2.45, 2.75) is 32.9 Å². The van der Waals surface area contributed by atoms with Gasteiger partial charge in [0.15, 0.2) is 6.10 Å². The van der Waals surface area contributed by atoms with Crippen molar-refractivity contribution >= 4 is 40.7 Å². The molecule has 0 heterocycles. The zero-order valence-corrected chi connectivity index (χ0v) is 16.2. The van der Waals surface area contributed by atoms with Crippen LogP contribution in [0.5, 0.6) is 5.75 Å². The monoisotopic (exact) mass is 394 g/mol. The van der Waals surface area contributed by atoms with Crippen LogP contribution in [0.3, 0.4) is 0 Å². The Bertz CT molecular complexity index is 809. The molecule has 5 nitrogen and oxygen atoms in total. The van der Waals surface area contributed by atoms with Gasteiger partial charge in [-0.25, -0.2) is 0 Å². The Kier molecular flexibility index (Phi) is 6.89. The molecule has 0 aliphatic carbocycles. The first-order valence-corrected chi connectivity index (χ1v) is 8.86. The van der Waals surface area contributed by atoms with Gasteiger partial charge in [-0.3, -0.25) is 9.59 Å². The number of ether oxygens (including phenoxy) is 1. The van der Waals surface area contributed by atoms with Crippen LogP contribution >= 0.6 is 23.2 Å². The number of amides is 2. The lowest BCUT2D eigenvalue weighted by molar-refractivity contribution is -0.122. The molecule has 2 rings (SSSR count). The van der Waals surface area contributed by atoms with Crippen LogP contribution in [0.2, 0.25) is 10.0 Å². The van der Waals surface area contributed by atoms with Crippen LogP contribution in [0, 0.1) is 0 Å². The van der Waals surface area contributed by atoms with Crippen LogP contribution in [0.4, 0.5) is 5.69 Å². The Hall–Kier alpha value is -2.24. The van der Waals surface area contributed by atoms with Crippen LogP contribution < -0.4 is 15.4 Å². The minimum atomic E-state index is -0.824. The van der Waals surface area contributed by atoms with E-state index in [9.17, 15) is 9.59 Å². The SMILES string of the molecule is CC(C)NC(=O)c1ccc(Cl)cc1NC(=O)C(C)Oc1ccccc1Cl. The average molecular weight is 395 g/mol. The third kappa shape index (κ3) is 5.38. The minimum absolute atomic E-state index is 0.0378. The largest absolute Gasteiger partial charge is 0.479 e. The number of nitrogens with one attached hydrogen (secondary N) is 2. The van der Waals surface area contributed by atoms with Gasteiger partial charge in [0.2, 0.25) is 0 Å². The maximum absolute atomic E-state index is 12.5. The molecule has 2 amide bonds. The molecule has 0 aliphatic rings. The molecule has 7 heteroatoms. The van der Waals surface area contributed by atoms with Crippen molar-refractivity contribution in [1.82, 2.24) is 5.32 Å². The minimum Gasteiger partial charge on any atom is -0.479 e. The molecule has 2 aromatic rings. The number of hydrogen-bond acceptors (Lipinski definition) is 3. The standard InChI is InChI=1S/C19H20Cl2N2O3/c1-11(2)22-19(25)14-9-8-13(20)10-16(14)23-18(24)12(3)26-17-7-5-4-6-15(17)21/h4-12H,1-3H3,(H,22,25)(H,23,24). The molecular formula is C19H20Cl2N2O3. The lowest BCUT2D eigenvalue weighted by atomic mass is 10.1. The first-order chi connectivity index (χ1) is 12.3. The second-order valence-corrected chi connectivity index (χ2v) is 6.84. The number of anilines is 1. The highest BCUT2D eigenvalue weighted by atomic mass is 35.5. The van der Waals surface area contributed by atoms with E-state index in [-0.39, 0.29) is 11.9 Å². The van der Waals surface area contributed by atoms with Crippen LogP contribution in [0.15, 0.2) is 42.5 Å². The normalized spacial score (nSPS) is 11.8. The van der Waals surface area contributed by atoms with Crippen molar-refractivity contribution in [1.29, 1.82) is 0 Å². The summed E-state index contributed by atoms with van der Waals surface area (Å²) in [5, 5.41) is 6.29. The summed E-state index contributed by atoms with van der Waals surface area (Å²) in [5.41, 5.74) is 0.636. The van der Waals surface area contributed by atoms with Crippen LogP contribution in [-0.4, -0.2) is 24.0 Å². The number of carbonyl (C=O) groups excluding carboxylic acids is 2. The number of benzene rings is 2. The molecule has 0 bridgehead atoms. The summed E-state index contributed by atoms with van der Waals surface area (Å²) in [7, 11) is 0. The van der Waals surface area contributed by atoms with Gasteiger partial charge in [-0.15, -0.1) is 0 Å². The molecule has 26 heavy (non-hydrogen) atoms. The molecule has 0 fully saturated rings. The Morgan fingerprint density at radius 3 is 2.38 bits per heavy atom. The number of para-hydroxylation sites is 1. The Morgan fingerprint density at radius 2 is 1.73 bits per heavy atom. The number of rotatable bonds is 6. The maximum atomic E-state index is 12.5. The first-order valence-electron chi connectivity index (χ1n) is 8.10. The van der Waals surface area contributed by atoms with Crippen LogP contribution in [-0.2, 0) is 4.79 Å². The van der Waals surface area contributed by atoms with Crippen molar-refractivity contribution in [2.75, 3.05) is 5.32 Å². The van der Waals surface area contributed by atoms with E-state index in [0.29, 0.717) is 27.0 Å². The summed E-state index contributed by atoms with van der Waals surface area (Å²) in [6.45, 7) is 5.30. The zero-order chi connectivity index (χ0) is 19.3. The second kappa shape index (κ2) is 8.92. The summed E-state index contributed by atoms with van der Waals surface area (Å²) in [6.07, 6.45) is -0.824. The van der Waals surface area contributed by atoms with E-state index in [2.05, 4.69) is 10.6 Å². The van der Waals surface area contributed by atoms with E-state index in [4.69, 9.17) is 27.9 Å². The predicted molar refractivity (Wildman–Crippen MR) is 104 cm³/mol. The molecular weight excluding hydrogens is 375 g/mol. The highest BCUT2D eigenvalue weighted by Gasteiger charge is 2.20. The van der Waals surface area contributed by atoms with E-state index in [1.165, 1.54) is 6.07 Å². The molecule has 0 spiro atoms. The van der Waals surface area contributed by atoms with Crippen molar-refractivity contribution in [3.63, 3.8) is 0 Å². The van der Waals surface area contributed by atoms with Crippen molar-refractivity contribution in [3.05, 3.63) is 58.1 Å². The fourth-order valence-corrected chi connectivity index (χ4v) is 2.53. The Morgan fingerprint density at radius 1 is 1.04 bits per heavy atom. The number of hydrogen-bond donors (Lipinski definition) is 2. The topological polar surface area (TPSA) is 67.4 Å². The quantitative estimate of drug-likeness (QED) is 0.755. The molecule has 0 aromatic heterocycles. The molecule has 0 radical (unpaired) electrons. The first kappa shape index (κ1) is 20.1. The van der Waals surface area contributed by atoms with E-state index < -0.39 is 12.0 Å². The van der Waals surface area contributed by atoms with Gasteiger partial charge in [-0.05, 0) is 51.1 Å². The van der Waals surface area contributed by atoms with Crippen molar-refractivity contribution < 1.29 is 14.3 Å². The summed E-state index contributed by atoms with van der Waals surface area (Å²) in [5.74, 6) is -0.321. The Labute approximate surface area is 162 Å². The van der Waals surface area contributed by atoms with Crippen molar-refractivity contribution in [2.24, 2.45) is 0 Å². The average Bonchev–Trinajstić information content (AvgIpc) is 2.56. The maximum Gasteiger partial charge on any atom is 0.265 e. The highest BCUT2D eigenvalue weighted by molar-refractivity contribution is 6.32. The third-order valence-electron chi connectivity index (χ3n) is 3.41. The van der Waals surface area contributed by atoms with Gasteiger partial charge in [-0.2, -0.15) is 0 Å². The molecule has 2 aromatic carbocycles.